The van der Waals surface area contributed by atoms with Gasteiger partial charge in [-0.05, 0) is 42.6 Å². The van der Waals surface area contributed by atoms with Gasteiger partial charge < -0.3 is 14.8 Å². The lowest BCUT2D eigenvalue weighted by molar-refractivity contribution is -0.123. The van der Waals surface area contributed by atoms with Crippen molar-refractivity contribution >= 4 is 28.3 Å². The molecule has 0 aliphatic heterocycles. The summed E-state index contributed by atoms with van der Waals surface area (Å²) in [6, 6.07) is 18.1. The Morgan fingerprint density at radius 1 is 0.929 bits per heavy atom. The van der Waals surface area contributed by atoms with E-state index in [4.69, 9.17) is 4.74 Å². The van der Waals surface area contributed by atoms with Gasteiger partial charge in [0.1, 0.15) is 5.75 Å². The molecule has 0 radical (unpaired) electrons. The van der Waals surface area contributed by atoms with Crippen molar-refractivity contribution < 1.29 is 27.8 Å². The highest BCUT2D eigenvalue weighted by atomic mass is 19.3. The molecule has 1 N–H and O–H groups in total. The molecule has 0 fully saturated rings. The highest BCUT2D eigenvalue weighted by Gasteiger charge is 2.20. The number of ether oxygens (including phenoxy) is 2. The monoisotopic (exact) mass is 385 g/mol. The Bertz CT molecular complexity index is 984. The average molecular weight is 385 g/mol. The molecule has 1 atom stereocenters. The van der Waals surface area contributed by atoms with E-state index in [1.807, 2.05) is 36.4 Å². The predicted octanol–water partition coefficient (Wildman–Crippen LogP) is 4.63. The van der Waals surface area contributed by atoms with Crippen molar-refractivity contribution in [2.75, 3.05) is 5.32 Å². The quantitative estimate of drug-likeness (QED) is 0.629. The summed E-state index contributed by atoms with van der Waals surface area (Å²) < 4.78 is 33.7. The summed E-state index contributed by atoms with van der Waals surface area (Å²) in [6.45, 7) is -1.50. The minimum absolute atomic E-state index is 0.0757. The van der Waals surface area contributed by atoms with Gasteiger partial charge in [-0.2, -0.15) is 8.78 Å². The van der Waals surface area contributed by atoms with E-state index < -0.39 is 24.6 Å². The van der Waals surface area contributed by atoms with Crippen LogP contribution in [0.5, 0.6) is 5.75 Å². The van der Waals surface area contributed by atoms with Crippen molar-refractivity contribution in [1.82, 2.24) is 0 Å². The molecule has 144 valence electrons. The lowest BCUT2D eigenvalue weighted by Crippen LogP contribution is -2.30. The van der Waals surface area contributed by atoms with E-state index in [-0.39, 0.29) is 11.3 Å². The third kappa shape index (κ3) is 4.62. The van der Waals surface area contributed by atoms with Gasteiger partial charge in [-0.1, -0.05) is 36.4 Å². The fourth-order valence-corrected chi connectivity index (χ4v) is 2.62. The zero-order valence-corrected chi connectivity index (χ0v) is 14.9. The number of carbonyl (C=O) groups is 2. The van der Waals surface area contributed by atoms with Crippen LogP contribution in [0.2, 0.25) is 0 Å². The number of alkyl halides is 2. The number of esters is 1. The Hall–Kier alpha value is -3.48. The maximum atomic E-state index is 12.4. The average Bonchev–Trinajstić information content (AvgIpc) is 2.68. The molecule has 3 rings (SSSR count). The van der Waals surface area contributed by atoms with E-state index in [9.17, 15) is 18.4 Å². The van der Waals surface area contributed by atoms with Crippen LogP contribution in [0.1, 0.15) is 17.3 Å². The maximum Gasteiger partial charge on any atom is 0.387 e. The molecular formula is C21H17F2NO4. The zero-order chi connectivity index (χ0) is 20.1. The number of benzene rings is 3. The molecule has 1 amide bonds. The Balaban J connectivity index is 1.64. The summed E-state index contributed by atoms with van der Waals surface area (Å²) >= 11 is 0. The van der Waals surface area contributed by atoms with Gasteiger partial charge in [-0.3, -0.25) is 4.79 Å². The largest absolute Gasteiger partial charge is 0.449 e. The Kier molecular flexibility index (Phi) is 5.84. The van der Waals surface area contributed by atoms with Crippen molar-refractivity contribution in [3.05, 3.63) is 72.3 Å². The number of carbonyl (C=O) groups excluding carboxylic acids is 2. The van der Waals surface area contributed by atoms with E-state index in [0.29, 0.717) is 5.69 Å². The van der Waals surface area contributed by atoms with Gasteiger partial charge >= 0.3 is 12.6 Å². The highest BCUT2D eigenvalue weighted by molar-refractivity contribution is 6.04. The molecular weight excluding hydrogens is 368 g/mol. The van der Waals surface area contributed by atoms with E-state index in [1.165, 1.54) is 31.2 Å². The number of halogens is 2. The van der Waals surface area contributed by atoms with Crippen molar-refractivity contribution in [3.63, 3.8) is 0 Å². The predicted molar refractivity (Wildman–Crippen MR) is 101 cm³/mol. The van der Waals surface area contributed by atoms with Crippen molar-refractivity contribution in [1.29, 1.82) is 0 Å². The number of amides is 1. The van der Waals surface area contributed by atoms with Gasteiger partial charge in [-0.25, -0.2) is 4.79 Å². The van der Waals surface area contributed by atoms with Gasteiger partial charge in [0.05, 0.1) is 5.56 Å². The van der Waals surface area contributed by atoms with Crippen molar-refractivity contribution in [2.24, 2.45) is 0 Å². The van der Waals surface area contributed by atoms with Gasteiger partial charge in [0.2, 0.25) is 0 Å². The normalized spacial score (nSPS) is 11.9. The Labute approximate surface area is 159 Å². The Morgan fingerprint density at radius 3 is 2.32 bits per heavy atom. The molecule has 3 aromatic rings. The number of rotatable bonds is 6. The van der Waals surface area contributed by atoms with Crippen molar-refractivity contribution in [2.45, 2.75) is 19.6 Å². The number of hydrogen-bond donors (Lipinski definition) is 1. The summed E-state index contributed by atoms with van der Waals surface area (Å²) in [5.74, 6) is -1.31. The second-order valence-electron chi connectivity index (χ2n) is 5.97. The standard InChI is InChI=1S/C21H17F2NO4/c1-13(27-20(26)15-9-11-16(12-10-15)28-21(22)23)19(25)24-18-8-4-6-14-5-2-3-7-17(14)18/h2-13,21H,1H3,(H,24,25)/t13-/m1/s1. The molecule has 0 saturated carbocycles. The Morgan fingerprint density at radius 2 is 1.61 bits per heavy atom. The van der Waals surface area contributed by atoms with Crippen LogP contribution in [0.4, 0.5) is 14.5 Å². The summed E-state index contributed by atoms with van der Waals surface area (Å²) in [7, 11) is 0. The smallest absolute Gasteiger partial charge is 0.387 e. The molecule has 0 aliphatic carbocycles. The first-order valence-electron chi connectivity index (χ1n) is 8.48. The fourth-order valence-electron chi connectivity index (χ4n) is 2.62. The number of fused-ring (bicyclic) bond motifs is 1. The van der Waals surface area contributed by atoms with Gasteiger partial charge in [-0.15, -0.1) is 0 Å². The van der Waals surface area contributed by atoms with Crippen LogP contribution in [0, 0.1) is 0 Å². The molecule has 0 aliphatic rings. The molecule has 0 spiro atoms. The number of anilines is 1. The van der Waals surface area contributed by atoms with E-state index >= 15 is 0 Å². The van der Waals surface area contributed by atoms with Crippen molar-refractivity contribution in [3.8, 4) is 5.75 Å². The van der Waals surface area contributed by atoms with E-state index in [0.717, 1.165) is 10.8 Å². The lowest BCUT2D eigenvalue weighted by atomic mass is 10.1. The zero-order valence-electron chi connectivity index (χ0n) is 14.9. The molecule has 0 saturated heterocycles. The van der Waals surface area contributed by atoms with Gasteiger partial charge in [0.25, 0.3) is 5.91 Å². The van der Waals surface area contributed by atoms with Crippen LogP contribution in [-0.4, -0.2) is 24.6 Å². The molecule has 5 nitrogen and oxygen atoms in total. The van der Waals surface area contributed by atoms with E-state index in [1.54, 1.807) is 6.07 Å². The SMILES string of the molecule is C[C@@H](OC(=O)c1ccc(OC(F)F)cc1)C(=O)Nc1cccc2ccccc12. The first-order chi connectivity index (χ1) is 13.4. The molecule has 0 bridgehead atoms. The topological polar surface area (TPSA) is 64.6 Å². The molecule has 0 aromatic heterocycles. The van der Waals surface area contributed by atoms with Crippen LogP contribution < -0.4 is 10.1 Å². The number of hydrogen-bond acceptors (Lipinski definition) is 4. The second kappa shape index (κ2) is 8.47. The highest BCUT2D eigenvalue weighted by Crippen LogP contribution is 2.23. The minimum Gasteiger partial charge on any atom is -0.449 e. The molecule has 0 unspecified atom stereocenters. The number of nitrogens with one attached hydrogen (secondary N) is 1. The first-order valence-corrected chi connectivity index (χ1v) is 8.48. The molecule has 28 heavy (non-hydrogen) atoms. The summed E-state index contributed by atoms with van der Waals surface area (Å²) in [5, 5.41) is 4.59. The van der Waals surface area contributed by atoms with E-state index in [2.05, 4.69) is 10.1 Å². The lowest BCUT2D eigenvalue weighted by Gasteiger charge is -2.15. The molecule has 3 aromatic carbocycles. The van der Waals surface area contributed by atoms with Gasteiger partial charge in [0, 0.05) is 11.1 Å². The maximum absolute atomic E-state index is 12.4. The summed E-state index contributed by atoms with van der Waals surface area (Å²) in [4.78, 5) is 24.6. The molecule has 0 heterocycles. The summed E-state index contributed by atoms with van der Waals surface area (Å²) in [6.07, 6.45) is -1.05. The second-order valence-corrected chi connectivity index (χ2v) is 5.97. The van der Waals surface area contributed by atoms with Gasteiger partial charge in [0.15, 0.2) is 6.10 Å². The summed E-state index contributed by atoms with van der Waals surface area (Å²) in [5.41, 5.74) is 0.728. The van der Waals surface area contributed by atoms with Crippen LogP contribution in [0.15, 0.2) is 66.7 Å². The van der Waals surface area contributed by atoms with Crippen LogP contribution >= 0.6 is 0 Å². The van der Waals surface area contributed by atoms with Crippen LogP contribution in [-0.2, 0) is 9.53 Å². The van der Waals surface area contributed by atoms with Crippen LogP contribution in [0.3, 0.4) is 0 Å². The fraction of sp³-hybridized carbons (Fsp3) is 0.143. The minimum atomic E-state index is -2.95. The third-order valence-electron chi connectivity index (χ3n) is 4.02. The third-order valence-corrected chi connectivity index (χ3v) is 4.02. The first kappa shape index (κ1) is 19.3. The van der Waals surface area contributed by atoms with Crippen LogP contribution in [0.25, 0.3) is 10.8 Å². The molecule has 7 heteroatoms.